The summed E-state index contributed by atoms with van der Waals surface area (Å²) >= 11 is 3.60. The highest BCUT2D eigenvalue weighted by Crippen LogP contribution is 2.22. The van der Waals surface area contributed by atoms with Gasteiger partial charge in [0.25, 0.3) is 0 Å². The number of nitrogens with zero attached hydrogens (tertiary/aromatic N) is 2. The van der Waals surface area contributed by atoms with Gasteiger partial charge in [0.2, 0.25) is 0 Å². The van der Waals surface area contributed by atoms with Gasteiger partial charge in [-0.2, -0.15) is 11.8 Å². The van der Waals surface area contributed by atoms with Crippen LogP contribution in [0.15, 0.2) is 11.2 Å². The zero-order valence-corrected chi connectivity index (χ0v) is 11.8. The normalized spacial score (nSPS) is 16.8. The van der Waals surface area contributed by atoms with Gasteiger partial charge in [0.05, 0.1) is 0 Å². The third-order valence-corrected chi connectivity index (χ3v) is 4.31. The molecule has 0 amide bonds. The molecule has 6 heteroatoms. The quantitative estimate of drug-likeness (QED) is 0.648. The Labute approximate surface area is 111 Å². The molecule has 1 aromatic rings. The summed E-state index contributed by atoms with van der Waals surface area (Å²) in [5, 5.41) is 7.39. The Morgan fingerprint density at radius 2 is 2.00 bits per heavy atom. The number of aromatic nitrogens is 2. The molecule has 17 heavy (non-hydrogen) atoms. The fraction of sp³-hybridized carbons (Fsp3) is 0.636. The molecule has 1 aliphatic heterocycles. The van der Waals surface area contributed by atoms with E-state index in [2.05, 4.69) is 20.6 Å². The van der Waals surface area contributed by atoms with Crippen molar-refractivity contribution in [3.63, 3.8) is 0 Å². The molecule has 2 heterocycles. The summed E-state index contributed by atoms with van der Waals surface area (Å²) < 4.78 is 0. The predicted octanol–water partition coefficient (Wildman–Crippen LogP) is 2.55. The third kappa shape index (κ3) is 3.67. The Hall–Kier alpha value is -0.620. The van der Waals surface area contributed by atoms with E-state index in [1.54, 1.807) is 11.8 Å². The first kappa shape index (κ1) is 12.8. The van der Waals surface area contributed by atoms with E-state index in [4.69, 9.17) is 0 Å². The minimum atomic E-state index is 0.561. The van der Waals surface area contributed by atoms with Gasteiger partial charge in [-0.3, -0.25) is 0 Å². The van der Waals surface area contributed by atoms with Crippen molar-refractivity contribution < 1.29 is 0 Å². The molecule has 1 fully saturated rings. The van der Waals surface area contributed by atoms with Gasteiger partial charge in [0.15, 0.2) is 5.16 Å². The van der Waals surface area contributed by atoms with Crippen LogP contribution in [0.5, 0.6) is 0 Å². The van der Waals surface area contributed by atoms with Gasteiger partial charge in [-0.1, -0.05) is 11.8 Å². The van der Waals surface area contributed by atoms with Gasteiger partial charge >= 0.3 is 0 Å². The highest BCUT2D eigenvalue weighted by atomic mass is 32.2. The van der Waals surface area contributed by atoms with Crippen molar-refractivity contribution in [2.24, 2.45) is 0 Å². The summed E-state index contributed by atoms with van der Waals surface area (Å²) in [6, 6.07) is 2.53. The van der Waals surface area contributed by atoms with E-state index in [9.17, 15) is 0 Å². The molecule has 1 aromatic heterocycles. The van der Waals surface area contributed by atoms with E-state index in [0.717, 1.165) is 16.8 Å². The van der Waals surface area contributed by atoms with Crippen LogP contribution >= 0.6 is 23.5 Å². The Bertz CT molecular complexity index is 344. The zero-order chi connectivity index (χ0) is 12.1. The second-order valence-electron chi connectivity index (χ2n) is 3.91. The predicted molar refractivity (Wildman–Crippen MR) is 77.3 cm³/mol. The summed E-state index contributed by atoms with van der Waals surface area (Å²) in [7, 11) is 1.88. The molecule has 2 N–H and O–H groups in total. The molecule has 4 nitrogen and oxygen atoms in total. The van der Waals surface area contributed by atoms with Crippen molar-refractivity contribution in [2.45, 2.75) is 24.0 Å². The highest BCUT2D eigenvalue weighted by Gasteiger charge is 2.14. The summed E-state index contributed by atoms with van der Waals surface area (Å²) in [5.41, 5.74) is 0. The van der Waals surface area contributed by atoms with Crippen LogP contribution in [0.1, 0.15) is 12.8 Å². The number of anilines is 2. The molecule has 0 unspecified atom stereocenters. The van der Waals surface area contributed by atoms with Crippen LogP contribution in [0.25, 0.3) is 0 Å². The number of rotatable bonds is 4. The number of nitrogens with one attached hydrogen (secondary N) is 2. The van der Waals surface area contributed by atoms with Crippen LogP contribution in [0.3, 0.4) is 0 Å². The summed E-state index contributed by atoms with van der Waals surface area (Å²) in [4.78, 5) is 8.85. The fourth-order valence-corrected chi connectivity index (χ4v) is 3.26. The smallest absolute Gasteiger partial charge is 0.191 e. The van der Waals surface area contributed by atoms with Crippen molar-refractivity contribution >= 4 is 35.2 Å². The van der Waals surface area contributed by atoms with Gasteiger partial charge in [0.1, 0.15) is 11.6 Å². The standard InChI is InChI=1S/C11H18N4S2/c1-12-9-7-10(15-11(14-9)16-2)13-8-3-5-17-6-4-8/h7-8H,3-6H2,1-2H3,(H2,12,13,14,15). The van der Waals surface area contributed by atoms with Crippen molar-refractivity contribution in [3.05, 3.63) is 6.07 Å². The largest absolute Gasteiger partial charge is 0.373 e. The van der Waals surface area contributed by atoms with Crippen molar-refractivity contribution in [1.29, 1.82) is 0 Å². The Morgan fingerprint density at radius 3 is 2.65 bits per heavy atom. The molecule has 1 aliphatic rings. The van der Waals surface area contributed by atoms with Crippen LogP contribution in [-0.4, -0.2) is 40.8 Å². The maximum Gasteiger partial charge on any atom is 0.191 e. The van der Waals surface area contributed by atoms with Crippen molar-refractivity contribution in [1.82, 2.24) is 9.97 Å². The second kappa shape index (κ2) is 6.35. The van der Waals surface area contributed by atoms with Crippen LogP contribution in [0.2, 0.25) is 0 Å². The Balaban J connectivity index is 2.07. The minimum Gasteiger partial charge on any atom is -0.373 e. The van der Waals surface area contributed by atoms with Gasteiger partial charge in [-0.25, -0.2) is 9.97 Å². The average molecular weight is 270 g/mol. The van der Waals surface area contributed by atoms with E-state index >= 15 is 0 Å². The van der Waals surface area contributed by atoms with Gasteiger partial charge in [0, 0.05) is 19.2 Å². The second-order valence-corrected chi connectivity index (χ2v) is 5.90. The van der Waals surface area contributed by atoms with Gasteiger partial charge in [-0.15, -0.1) is 0 Å². The van der Waals surface area contributed by atoms with E-state index < -0.39 is 0 Å². The monoisotopic (exact) mass is 270 g/mol. The summed E-state index contributed by atoms with van der Waals surface area (Å²) in [5.74, 6) is 4.30. The van der Waals surface area contributed by atoms with E-state index in [1.165, 1.54) is 24.3 Å². The minimum absolute atomic E-state index is 0.561. The number of thioether (sulfide) groups is 2. The van der Waals surface area contributed by atoms with Gasteiger partial charge in [-0.05, 0) is 30.6 Å². The lowest BCUT2D eigenvalue weighted by molar-refractivity contribution is 0.662. The molecular weight excluding hydrogens is 252 g/mol. The van der Waals surface area contributed by atoms with E-state index in [0.29, 0.717) is 6.04 Å². The maximum atomic E-state index is 4.49. The molecular formula is C11H18N4S2. The molecule has 1 saturated heterocycles. The van der Waals surface area contributed by atoms with Crippen LogP contribution in [0.4, 0.5) is 11.6 Å². The first-order valence-electron chi connectivity index (χ1n) is 5.77. The van der Waals surface area contributed by atoms with Crippen LogP contribution < -0.4 is 10.6 Å². The number of hydrogen-bond donors (Lipinski definition) is 2. The lowest BCUT2D eigenvalue weighted by atomic mass is 10.1. The van der Waals surface area contributed by atoms with Crippen LogP contribution in [0, 0.1) is 0 Å². The van der Waals surface area contributed by atoms with Crippen molar-refractivity contribution in [2.75, 3.05) is 35.4 Å². The number of hydrogen-bond acceptors (Lipinski definition) is 6. The Kier molecular flexibility index (Phi) is 4.79. The lowest BCUT2D eigenvalue weighted by Crippen LogP contribution is -2.25. The maximum absolute atomic E-state index is 4.49. The molecule has 0 atom stereocenters. The highest BCUT2D eigenvalue weighted by molar-refractivity contribution is 7.99. The third-order valence-electron chi connectivity index (χ3n) is 2.72. The lowest BCUT2D eigenvalue weighted by Gasteiger charge is -2.23. The Morgan fingerprint density at radius 1 is 1.29 bits per heavy atom. The first-order chi connectivity index (χ1) is 8.31. The fourth-order valence-electron chi connectivity index (χ4n) is 1.77. The molecule has 0 aliphatic carbocycles. The molecule has 94 valence electrons. The molecule has 0 saturated carbocycles. The SMILES string of the molecule is CNc1cc(NC2CCSCC2)nc(SC)n1. The van der Waals surface area contributed by atoms with E-state index in [-0.39, 0.29) is 0 Å². The molecule has 0 radical (unpaired) electrons. The van der Waals surface area contributed by atoms with Gasteiger partial charge < -0.3 is 10.6 Å². The molecule has 2 rings (SSSR count). The topological polar surface area (TPSA) is 49.8 Å². The first-order valence-corrected chi connectivity index (χ1v) is 8.15. The molecule has 0 bridgehead atoms. The summed E-state index contributed by atoms with van der Waals surface area (Å²) in [6.45, 7) is 0. The van der Waals surface area contributed by atoms with Crippen molar-refractivity contribution in [3.8, 4) is 0 Å². The van der Waals surface area contributed by atoms with E-state index in [1.807, 2.05) is 31.1 Å². The zero-order valence-electron chi connectivity index (χ0n) is 10.2. The molecule has 0 aromatic carbocycles. The van der Waals surface area contributed by atoms with Crippen LogP contribution in [-0.2, 0) is 0 Å². The summed E-state index contributed by atoms with van der Waals surface area (Å²) in [6.07, 6.45) is 4.44. The molecule has 0 spiro atoms. The average Bonchev–Trinajstić information content (AvgIpc) is 2.39.